The maximum atomic E-state index is 2.89. The van der Waals surface area contributed by atoms with Crippen LogP contribution in [-0.4, -0.2) is 0 Å². The van der Waals surface area contributed by atoms with E-state index in [4.69, 9.17) is 0 Å². The average Bonchev–Trinajstić information content (AvgIpc) is 2.54. The largest absolute Gasteiger partial charge is 0.184 e. The fourth-order valence-electron chi connectivity index (χ4n) is 1.03. The van der Waals surface area contributed by atoms with Crippen molar-refractivity contribution in [1.29, 1.82) is 0 Å². The summed E-state index contributed by atoms with van der Waals surface area (Å²) >= 11 is 0. The molecule has 0 aromatic heterocycles. The molecule has 0 aliphatic rings. The van der Waals surface area contributed by atoms with E-state index >= 15 is 0 Å². The van der Waals surface area contributed by atoms with Gasteiger partial charge in [-0.1, -0.05) is 0 Å². The molecule has 22 heavy (non-hydrogen) atoms. The molecule has 0 fully saturated rings. The molecule has 0 spiro atoms. The van der Waals surface area contributed by atoms with Crippen LogP contribution in [0, 0.1) is 18.2 Å². The van der Waals surface area contributed by atoms with E-state index in [-0.39, 0.29) is 55.1 Å². The molecule has 0 saturated carbocycles. The summed E-state index contributed by atoms with van der Waals surface area (Å²) in [5.41, 5.74) is 0. The van der Waals surface area contributed by atoms with Gasteiger partial charge in [0.15, 0.2) is 0 Å². The van der Waals surface area contributed by atoms with Crippen molar-refractivity contribution in [3.05, 3.63) is 109 Å². The molecule has 4 heteroatoms. The molecular formula is C18H20Cl2PPd-3. The van der Waals surface area contributed by atoms with Gasteiger partial charge in [-0.2, -0.15) is 119 Å². The van der Waals surface area contributed by atoms with Crippen molar-refractivity contribution in [2.45, 2.75) is 0 Å². The maximum Gasteiger partial charge on any atom is 0 e. The van der Waals surface area contributed by atoms with E-state index < -0.39 is 0 Å². The number of hydrogen-bond donors (Lipinski definition) is 0. The summed E-state index contributed by atoms with van der Waals surface area (Å²) in [6.45, 7) is 0. The van der Waals surface area contributed by atoms with Gasteiger partial charge in [0, 0.05) is 20.4 Å². The zero-order valence-corrected chi connectivity index (χ0v) is 16.6. The van der Waals surface area contributed by atoms with Crippen LogP contribution < -0.4 is 0 Å². The molecule has 0 nitrogen and oxygen atoms in total. The Morgan fingerprint density at radius 1 is 0.364 bits per heavy atom. The molecule has 3 rings (SSSR count). The van der Waals surface area contributed by atoms with Crippen LogP contribution in [0.4, 0.5) is 0 Å². The minimum absolute atomic E-state index is 0. The monoisotopic (exact) mass is 443 g/mol. The molecule has 0 aliphatic heterocycles. The molecule has 3 aromatic rings. The van der Waals surface area contributed by atoms with Crippen LogP contribution in [0.5, 0.6) is 0 Å². The molecule has 0 amide bonds. The Labute approximate surface area is 163 Å². The summed E-state index contributed by atoms with van der Waals surface area (Å²) in [6.07, 6.45) is 0. The van der Waals surface area contributed by atoms with Gasteiger partial charge in [-0.15, -0.1) is 24.8 Å². The molecule has 1 unspecified atom stereocenters. The second kappa shape index (κ2) is 25.3. The Balaban J connectivity index is -0.000000101. The zero-order valence-electron chi connectivity index (χ0n) is 12.0. The first-order chi connectivity index (χ1) is 9.00. The number of hydrogen-bond acceptors (Lipinski definition) is 0. The van der Waals surface area contributed by atoms with E-state index in [9.17, 15) is 0 Å². The first kappa shape index (κ1) is 29.4. The van der Waals surface area contributed by atoms with E-state index in [1.54, 1.807) is 0 Å². The summed E-state index contributed by atoms with van der Waals surface area (Å²) in [6, 6.07) is 37.5. The normalized spacial score (nSPS) is 6.55. The smallest absolute Gasteiger partial charge is 0 e. The van der Waals surface area contributed by atoms with Crippen molar-refractivity contribution < 1.29 is 20.4 Å². The molecule has 1 atom stereocenters. The first-order valence-electron chi connectivity index (χ1n) is 5.73. The molecule has 0 N–H and O–H groups in total. The Morgan fingerprint density at radius 2 is 0.545 bits per heavy atom. The van der Waals surface area contributed by atoms with Crippen molar-refractivity contribution in [2.75, 3.05) is 0 Å². The minimum Gasteiger partial charge on any atom is -0.184 e. The topological polar surface area (TPSA) is 0 Å². The van der Waals surface area contributed by atoms with Crippen LogP contribution in [0.1, 0.15) is 0 Å². The van der Waals surface area contributed by atoms with Gasteiger partial charge in [0.1, 0.15) is 0 Å². The number of rotatable bonds is 0. The molecular weight excluding hydrogens is 424 g/mol. The van der Waals surface area contributed by atoms with E-state index in [1.165, 1.54) is 0 Å². The second-order valence-electron chi connectivity index (χ2n) is 3.23. The molecule has 0 aliphatic carbocycles. The van der Waals surface area contributed by atoms with E-state index in [0.29, 0.717) is 0 Å². The van der Waals surface area contributed by atoms with Gasteiger partial charge < -0.3 is 0 Å². The fourth-order valence-corrected chi connectivity index (χ4v) is 1.03. The Kier molecular flexibility index (Phi) is 33.8. The Morgan fingerprint density at radius 3 is 0.591 bits per heavy atom. The summed E-state index contributed by atoms with van der Waals surface area (Å²) in [5, 5.41) is 0. The Bertz CT molecular complexity index is 312. The summed E-state index contributed by atoms with van der Waals surface area (Å²) in [7, 11) is 0. The van der Waals surface area contributed by atoms with Crippen molar-refractivity contribution in [1.82, 2.24) is 0 Å². The second-order valence-corrected chi connectivity index (χ2v) is 3.23. The van der Waals surface area contributed by atoms with Crippen LogP contribution in [0.25, 0.3) is 0 Å². The van der Waals surface area contributed by atoms with Gasteiger partial charge in [-0.25, -0.2) is 0 Å². The van der Waals surface area contributed by atoms with Gasteiger partial charge in [0.25, 0.3) is 0 Å². The van der Waals surface area contributed by atoms with E-state index in [2.05, 4.69) is 18.2 Å². The van der Waals surface area contributed by atoms with Crippen molar-refractivity contribution in [3.8, 4) is 0 Å². The minimum atomic E-state index is 0. The van der Waals surface area contributed by atoms with Crippen molar-refractivity contribution in [2.24, 2.45) is 0 Å². The molecule has 0 bridgehead atoms. The fraction of sp³-hybridized carbons (Fsp3) is 0. The summed E-state index contributed by atoms with van der Waals surface area (Å²) in [4.78, 5) is 0. The Hall–Kier alpha value is -0.668. The molecule has 0 saturated heterocycles. The quantitative estimate of drug-likeness (QED) is 0.249. The SMILES string of the molecule is Cl.Cl.P.[Pd].[c-]1ccccc1.[c-]1ccccc1.[c-]1ccccc1. The predicted molar refractivity (Wildman–Crippen MR) is 101 cm³/mol. The van der Waals surface area contributed by atoms with Crippen molar-refractivity contribution >= 4 is 34.7 Å². The van der Waals surface area contributed by atoms with Gasteiger partial charge >= 0.3 is 0 Å². The van der Waals surface area contributed by atoms with Crippen LogP contribution in [0.2, 0.25) is 0 Å². The third-order valence-electron chi connectivity index (χ3n) is 1.82. The van der Waals surface area contributed by atoms with Crippen LogP contribution in [-0.2, 0) is 20.4 Å². The van der Waals surface area contributed by atoms with E-state index in [1.807, 2.05) is 91.0 Å². The first-order valence-corrected chi connectivity index (χ1v) is 5.73. The third-order valence-corrected chi connectivity index (χ3v) is 1.82. The van der Waals surface area contributed by atoms with Crippen LogP contribution in [0.3, 0.4) is 0 Å². The average molecular weight is 445 g/mol. The molecule has 3 aromatic carbocycles. The molecule has 0 heterocycles. The third kappa shape index (κ3) is 21.6. The molecule has 124 valence electrons. The number of benzene rings is 3. The molecule has 0 radical (unpaired) electrons. The standard InChI is InChI=1S/3C6H5.2ClH.H3P.Pd/c3*1-2-4-6-5-3-1;;;;/h3*1-5H;2*1H;1H3;/q3*-1;;;;. The van der Waals surface area contributed by atoms with Gasteiger partial charge in [-0.05, 0) is 0 Å². The van der Waals surface area contributed by atoms with Crippen molar-refractivity contribution in [3.63, 3.8) is 0 Å². The summed E-state index contributed by atoms with van der Waals surface area (Å²) in [5.74, 6) is 0. The van der Waals surface area contributed by atoms with Gasteiger partial charge in [-0.3, -0.25) is 0 Å². The summed E-state index contributed by atoms with van der Waals surface area (Å²) < 4.78 is 0. The van der Waals surface area contributed by atoms with Gasteiger partial charge in [0.05, 0.1) is 0 Å². The number of halogens is 2. The zero-order chi connectivity index (χ0) is 12.7. The predicted octanol–water partition coefficient (Wildman–Crippen LogP) is 5.36. The van der Waals surface area contributed by atoms with Gasteiger partial charge in [0.2, 0.25) is 0 Å². The van der Waals surface area contributed by atoms with Crippen LogP contribution in [0.15, 0.2) is 91.0 Å². The van der Waals surface area contributed by atoms with Crippen LogP contribution >= 0.6 is 34.7 Å². The maximum absolute atomic E-state index is 2.89. The van der Waals surface area contributed by atoms with E-state index in [0.717, 1.165) is 0 Å².